The highest BCUT2D eigenvalue weighted by molar-refractivity contribution is 5.33. The van der Waals surface area contributed by atoms with Gasteiger partial charge in [-0.3, -0.25) is 0 Å². The van der Waals surface area contributed by atoms with Gasteiger partial charge in [0.15, 0.2) is 0 Å². The molecule has 1 aliphatic heterocycles. The monoisotopic (exact) mass is 276 g/mol. The van der Waals surface area contributed by atoms with Gasteiger partial charge in [-0.1, -0.05) is 39.0 Å². The maximum atomic E-state index is 5.42. The Morgan fingerprint density at radius 1 is 1.30 bits per heavy atom. The van der Waals surface area contributed by atoms with Crippen LogP contribution in [0.2, 0.25) is 0 Å². The van der Waals surface area contributed by atoms with Gasteiger partial charge in [0.1, 0.15) is 5.75 Å². The van der Waals surface area contributed by atoms with Gasteiger partial charge in [-0.25, -0.2) is 0 Å². The molecule has 0 aliphatic carbocycles. The van der Waals surface area contributed by atoms with Crippen molar-refractivity contribution < 1.29 is 4.74 Å². The quantitative estimate of drug-likeness (QED) is 0.887. The fraction of sp³-hybridized carbons (Fsp3) is 0.647. The van der Waals surface area contributed by atoms with Crippen LogP contribution in [0.1, 0.15) is 39.2 Å². The van der Waals surface area contributed by atoms with Gasteiger partial charge in [-0.05, 0) is 30.9 Å². The summed E-state index contributed by atoms with van der Waals surface area (Å²) in [6.45, 7) is 8.94. The van der Waals surface area contributed by atoms with Gasteiger partial charge in [0, 0.05) is 24.2 Å². The summed E-state index contributed by atoms with van der Waals surface area (Å²) in [5.41, 5.74) is 1.51. The first-order chi connectivity index (χ1) is 9.52. The Bertz CT molecular complexity index is 425. The summed E-state index contributed by atoms with van der Waals surface area (Å²) in [4.78, 5) is 0. The predicted octanol–water partition coefficient (Wildman–Crippen LogP) is 2.95. The van der Waals surface area contributed by atoms with Crippen LogP contribution in [0.5, 0.6) is 5.75 Å². The van der Waals surface area contributed by atoms with Crippen LogP contribution in [0.15, 0.2) is 24.3 Å². The molecule has 3 heteroatoms. The lowest BCUT2D eigenvalue weighted by molar-refractivity contribution is 0.175. The molecule has 2 atom stereocenters. The van der Waals surface area contributed by atoms with E-state index in [1.807, 2.05) is 12.1 Å². The molecule has 0 radical (unpaired) electrons. The van der Waals surface area contributed by atoms with Crippen LogP contribution in [-0.2, 0) is 6.54 Å². The number of rotatable bonds is 4. The second-order valence-electron chi connectivity index (χ2n) is 6.74. The maximum absolute atomic E-state index is 5.42. The van der Waals surface area contributed by atoms with E-state index in [4.69, 9.17) is 4.74 Å². The molecule has 0 spiro atoms. The lowest BCUT2D eigenvalue weighted by Gasteiger charge is -2.41. The average Bonchev–Trinajstić information content (AvgIpc) is 2.44. The largest absolute Gasteiger partial charge is 0.496 e. The third-order valence-electron chi connectivity index (χ3n) is 4.14. The van der Waals surface area contributed by atoms with Crippen molar-refractivity contribution in [1.29, 1.82) is 0 Å². The molecule has 1 aromatic carbocycles. The van der Waals surface area contributed by atoms with Gasteiger partial charge in [-0.15, -0.1) is 0 Å². The van der Waals surface area contributed by atoms with E-state index in [0.29, 0.717) is 12.1 Å². The molecule has 20 heavy (non-hydrogen) atoms. The lowest BCUT2D eigenvalue weighted by atomic mass is 9.79. The molecule has 112 valence electrons. The summed E-state index contributed by atoms with van der Waals surface area (Å²) in [5.74, 6) is 0.969. The van der Waals surface area contributed by atoms with E-state index in [1.165, 1.54) is 18.4 Å². The highest BCUT2D eigenvalue weighted by atomic mass is 16.5. The highest BCUT2D eigenvalue weighted by Crippen LogP contribution is 2.27. The van der Waals surface area contributed by atoms with Crippen molar-refractivity contribution in [1.82, 2.24) is 10.6 Å². The molecule has 0 amide bonds. The zero-order valence-corrected chi connectivity index (χ0v) is 13.2. The SMILES string of the molecule is COc1ccccc1CN[C@@H]1CCCN[C@@H]1C(C)(C)C. The molecule has 1 aliphatic rings. The van der Waals surface area contributed by atoms with E-state index in [-0.39, 0.29) is 5.41 Å². The highest BCUT2D eigenvalue weighted by Gasteiger charge is 2.33. The van der Waals surface area contributed by atoms with Crippen molar-refractivity contribution in [3.05, 3.63) is 29.8 Å². The minimum absolute atomic E-state index is 0.277. The normalized spacial score (nSPS) is 23.6. The van der Waals surface area contributed by atoms with Crippen molar-refractivity contribution in [3.63, 3.8) is 0 Å². The van der Waals surface area contributed by atoms with Crippen LogP contribution in [0, 0.1) is 5.41 Å². The Kier molecular flexibility index (Phi) is 5.06. The molecule has 0 saturated carbocycles. The summed E-state index contributed by atoms with van der Waals surface area (Å²) >= 11 is 0. The molecule has 0 unspecified atom stereocenters. The molecule has 2 N–H and O–H groups in total. The molecule has 1 saturated heterocycles. The van der Waals surface area contributed by atoms with Crippen molar-refractivity contribution in [2.75, 3.05) is 13.7 Å². The maximum Gasteiger partial charge on any atom is 0.123 e. The van der Waals surface area contributed by atoms with Gasteiger partial charge >= 0.3 is 0 Å². The second kappa shape index (κ2) is 6.59. The van der Waals surface area contributed by atoms with Crippen molar-refractivity contribution in [3.8, 4) is 5.75 Å². The number of piperidine rings is 1. The first-order valence-electron chi connectivity index (χ1n) is 7.61. The fourth-order valence-corrected chi connectivity index (χ4v) is 3.11. The predicted molar refractivity (Wildman–Crippen MR) is 84.1 cm³/mol. The summed E-state index contributed by atoms with van der Waals surface area (Å²) < 4.78 is 5.42. The van der Waals surface area contributed by atoms with E-state index in [9.17, 15) is 0 Å². The summed E-state index contributed by atoms with van der Waals surface area (Å²) in [6, 6.07) is 9.29. The standard InChI is InChI=1S/C17H28N2O/c1-17(2,3)16-14(9-7-11-18-16)19-12-13-8-5-6-10-15(13)20-4/h5-6,8,10,14,16,18-19H,7,9,11-12H2,1-4H3/t14-,16+/m1/s1. The summed E-state index contributed by atoms with van der Waals surface area (Å²) in [7, 11) is 1.74. The van der Waals surface area contributed by atoms with Gasteiger partial charge in [0.05, 0.1) is 7.11 Å². The second-order valence-corrected chi connectivity index (χ2v) is 6.74. The summed E-state index contributed by atoms with van der Waals surface area (Å²) in [6.07, 6.45) is 2.49. The fourth-order valence-electron chi connectivity index (χ4n) is 3.11. The first-order valence-corrected chi connectivity index (χ1v) is 7.61. The minimum Gasteiger partial charge on any atom is -0.496 e. The third kappa shape index (κ3) is 3.74. The average molecular weight is 276 g/mol. The van der Waals surface area contributed by atoms with Crippen molar-refractivity contribution in [2.24, 2.45) is 5.41 Å². The minimum atomic E-state index is 0.277. The number of nitrogens with one attached hydrogen (secondary N) is 2. The van der Waals surface area contributed by atoms with E-state index in [2.05, 4.69) is 43.5 Å². The van der Waals surface area contributed by atoms with E-state index in [0.717, 1.165) is 18.8 Å². The van der Waals surface area contributed by atoms with Gasteiger partial charge < -0.3 is 15.4 Å². The van der Waals surface area contributed by atoms with Crippen LogP contribution in [-0.4, -0.2) is 25.7 Å². The summed E-state index contributed by atoms with van der Waals surface area (Å²) in [5, 5.41) is 7.41. The van der Waals surface area contributed by atoms with Crippen molar-refractivity contribution >= 4 is 0 Å². The Balaban J connectivity index is 2.01. The number of ether oxygens (including phenoxy) is 1. The van der Waals surface area contributed by atoms with Crippen LogP contribution in [0.4, 0.5) is 0 Å². The van der Waals surface area contributed by atoms with E-state index in [1.54, 1.807) is 7.11 Å². The number of para-hydroxylation sites is 1. The van der Waals surface area contributed by atoms with Crippen LogP contribution in [0.25, 0.3) is 0 Å². The molecule has 2 rings (SSSR count). The molecule has 0 aromatic heterocycles. The Morgan fingerprint density at radius 3 is 2.75 bits per heavy atom. The van der Waals surface area contributed by atoms with E-state index >= 15 is 0 Å². The molecule has 1 heterocycles. The Morgan fingerprint density at radius 2 is 2.05 bits per heavy atom. The number of methoxy groups -OCH3 is 1. The molecular weight excluding hydrogens is 248 g/mol. The van der Waals surface area contributed by atoms with Gasteiger partial charge in [0.2, 0.25) is 0 Å². The van der Waals surface area contributed by atoms with Gasteiger partial charge in [-0.2, -0.15) is 0 Å². The zero-order chi connectivity index (χ0) is 14.6. The molecule has 0 bridgehead atoms. The number of benzene rings is 1. The third-order valence-corrected chi connectivity index (χ3v) is 4.14. The smallest absolute Gasteiger partial charge is 0.123 e. The lowest BCUT2D eigenvalue weighted by Crippen LogP contribution is -2.57. The van der Waals surface area contributed by atoms with Crippen LogP contribution >= 0.6 is 0 Å². The first kappa shape index (κ1) is 15.3. The topological polar surface area (TPSA) is 33.3 Å². The van der Waals surface area contributed by atoms with Crippen LogP contribution < -0.4 is 15.4 Å². The van der Waals surface area contributed by atoms with Crippen molar-refractivity contribution in [2.45, 2.75) is 52.2 Å². The Labute approximate surface area is 123 Å². The van der Waals surface area contributed by atoms with Gasteiger partial charge in [0.25, 0.3) is 0 Å². The van der Waals surface area contributed by atoms with E-state index < -0.39 is 0 Å². The number of hydrogen-bond acceptors (Lipinski definition) is 3. The number of hydrogen-bond donors (Lipinski definition) is 2. The Hall–Kier alpha value is -1.06. The molecule has 3 nitrogen and oxygen atoms in total. The molecular formula is C17H28N2O. The van der Waals surface area contributed by atoms with Crippen LogP contribution in [0.3, 0.4) is 0 Å². The molecule has 1 fully saturated rings. The molecule has 1 aromatic rings. The zero-order valence-electron chi connectivity index (χ0n) is 13.2.